The molecule has 0 aliphatic carbocycles. The lowest BCUT2D eigenvalue weighted by Gasteiger charge is -2.25. The fourth-order valence-corrected chi connectivity index (χ4v) is 4.71. The van der Waals surface area contributed by atoms with Gasteiger partial charge in [0.1, 0.15) is 52.7 Å². The molecule has 5 rings (SSSR count). The van der Waals surface area contributed by atoms with Crippen molar-refractivity contribution in [3.05, 3.63) is 66.5 Å². The third-order valence-corrected chi connectivity index (χ3v) is 7.33. The van der Waals surface area contributed by atoms with Gasteiger partial charge in [-0.05, 0) is 24.3 Å². The fourth-order valence-electron chi connectivity index (χ4n) is 3.68. The van der Waals surface area contributed by atoms with E-state index < -0.39 is 33.9 Å². The number of aliphatic hydroxyl groups excluding tert-OH is 1. The smallest absolute Gasteiger partial charge is 0.355 e. The Labute approximate surface area is 207 Å². The van der Waals surface area contributed by atoms with Crippen LogP contribution < -0.4 is 9.91 Å². The first-order chi connectivity index (χ1) is 17.5. The van der Waals surface area contributed by atoms with Crippen molar-refractivity contribution >= 4 is 33.3 Å². The summed E-state index contributed by atoms with van der Waals surface area (Å²) in [5, 5.41) is 15.8. The van der Waals surface area contributed by atoms with Crippen LogP contribution in [0.4, 0.5) is 29.1 Å². The van der Waals surface area contributed by atoms with Crippen LogP contribution in [0.25, 0.3) is 17.0 Å². The Balaban J connectivity index is 1.60. The minimum absolute atomic E-state index is 0.00697. The highest BCUT2D eigenvalue weighted by atomic mass is 32.2. The van der Waals surface area contributed by atoms with Gasteiger partial charge in [-0.15, -0.1) is 0 Å². The van der Waals surface area contributed by atoms with Crippen LogP contribution in [-0.2, 0) is 16.0 Å². The van der Waals surface area contributed by atoms with Crippen LogP contribution in [0.5, 0.6) is 0 Å². The number of aromatic nitrogens is 4. The molecule has 0 bridgehead atoms. The molecule has 1 atom stereocenters. The maximum atomic E-state index is 14.2. The SMILES string of the molecule is CCS(=O)(=O)c1ccc(N2C=NN(c3ccccc3F)C2O)nc1-c1cn2cnc(C(F)(F)F)cc2n1. The second kappa shape index (κ2) is 8.77. The Bertz CT molecular complexity index is 1640. The summed E-state index contributed by atoms with van der Waals surface area (Å²) < 4.78 is 80.3. The molecule has 0 radical (unpaired) electrons. The van der Waals surface area contributed by atoms with E-state index in [2.05, 4.69) is 20.1 Å². The van der Waals surface area contributed by atoms with E-state index >= 15 is 0 Å². The predicted octanol–water partition coefficient (Wildman–Crippen LogP) is 3.29. The van der Waals surface area contributed by atoms with Crippen molar-refractivity contribution in [3.8, 4) is 11.4 Å². The molecule has 1 unspecified atom stereocenters. The maximum absolute atomic E-state index is 14.2. The minimum Gasteiger partial charge on any atom is -0.355 e. The van der Waals surface area contributed by atoms with E-state index in [1.807, 2.05) is 0 Å². The van der Waals surface area contributed by atoms with Gasteiger partial charge < -0.3 is 5.11 Å². The molecule has 37 heavy (non-hydrogen) atoms. The number of imidazole rings is 1. The molecule has 4 aromatic rings. The van der Waals surface area contributed by atoms with Gasteiger partial charge in [-0.2, -0.15) is 18.3 Å². The number of nitrogens with zero attached hydrogens (tertiary/aromatic N) is 7. The molecule has 1 aromatic carbocycles. The quantitative estimate of drug-likeness (QED) is 0.387. The predicted molar refractivity (Wildman–Crippen MR) is 125 cm³/mol. The van der Waals surface area contributed by atoms with Gasteiger partial charge in [0.25, 0.3) is 0 Å². The second-order valence-electron chi connectivity index (χ2n) is 7.86. The molecular weight excluding hydrogens is 518 g/mol. The van der Waals surface area contributed by atoms with E-state index in [4.69, 9.17) is 0 Å². The third-order valence-electron chi connectivity index (χ3n) is 5.57. The van der Waals surface area contributed by atoms with Crippen molar-refractivity contribution in [2.45, 2.75) is 24.3 Å². The van der Waals surface area contributed by atoms with Gasteiger partial charge >= 0.3 is 6.18 Å². The number of para-hydroxylation sites is 1. The van der Waals surface area contributed by atoms with Crippen molar-refractivity contribution < 1.29 is 31.1 Å². The molecule has 10 nitrogen and oxygen atoms in total. The molecule has 15 heteroatoms. The van der Waals surface area contributed by atoms with Crippen LogP contribution in [0.1, 0.15) is 12.6 Å². The topological polar surface area (TPSA) is 116 Å². The van der Waals surface area contributed by atoms with Crippen LogP contribution in [0, 0.1) is 5.82 Å². The van der Waals surface area contributed by atoms with E-state index in [1.54, 1.807) is 6.07 Å². The summed E-state index contributed by atoms with van der Waals surface area (Å²) in [5.41, 5.74) is -1.48. The summed E-state index contributed by atoms with van der Waals surface area (Å²) in [6.07, 6.45) is -2.83. The minimum atomic E-state index is -4.70. The number of sulfone groups is 1. The number of rotatable bonds is 5. The Morgan fingerprint density at radius 2 is 1.86 bits per heavy atom. The van der Waals surface area contributed by atoms with Gasteiger partial charge in [-0.1, -0.05) is 19.1 Å². The number of anilines is 2. The Hall–Kier alpha value is -4.11. The number of alkyl halides is 3. The summed E-state index contributed by atoms with van der Waals surface area (Å²) >= 11 is 0. The van der Waals surface area contributed by atoms with E-state index in [0.29, 0.717) is 0 Å². The fraction of sp³-hybridized carbons (Fsp3) is 0.182. The first kappa shape index (κ1) is 24.6. The van der Waals surface area contributed by atoms with Crippen molar-refractivity contribution in [3.63, 3.8) is 0 Å². The molecular formula is C22H17F4N7O3S. The van der Waals surface area contributed by atoms with E-state index in [0.717, 1.165) is 22.3 Å². The van der Waals surface area contributed by atoms with Gasteiger partial charge in [0.2, 0.25) is 6.35 Å². The van der Waals surface area contributed by atoms with E-state index in [1.165, 1.54) is 54.2 Å². The molecule has 192 valence electrons. The number of benzene rings is 1. The molecule has 0 spiro atoms. The number of halogens is 4. The molecule has 0 saturated heterocycles. The lowest BCUT2D eigenvalue weighted by Crippen LogP contribution is -2.40. The monoisotopic (exact) mass is 535 g/mol. The average molecular weight is 535 g/mol. The molecule has 0 fully saturated rings. The van der Waals surface area contributed by atoms with Gasteiger partial charge in [0, 0.05) is 12.3 Å². The summed E-state index contributed by atoms with van der Waals surface area (Å²) in [6, 6.07) is 8.96. The van der Waals surface area contributed by atoms with Gasteiger partial charge in [-0.3, -0.25) is 9.30 Å². The van der Waals surface area contributed by atoms with E-state index in [9.17, 15) is 31.1 Å². The van der Waals surface area contributed by atoms with Crippen molar-refractivity contribution in [1.82, 2.24) is 19.4 Å². The maximum Gasteiger partial charge on any atom is 0.433 e. The highest BCUT2D eigenvalue weighted by Crippen LogP contribution is 2.33. The van der Waals surface area contributed by atoms with Crippen LogP contribution in [-0.4, -0.2) is 51.3 Å². The number of hydrogen-bond donors (Lipinski definition) is 1. The molecule has 1 aliphatic rings. The number of pyridine rings is 1. The Kier molecular flexibility index (Phi) is 5.83. The van der Waals surface area contributed by atoms with Crippen molar-refractivity contribution in [1.29, 1.82) is 0 Å². The highest BCUT2D eigenvalue weighted by Gasteiger charge is 2.34. The van der Waals surface area contributed by atoms with Gasteiger partial charge in [0.05, 0.1) is 10.6 Å². The second-order valence-corrected chi connectivity index (χ2v) is 10.1. The van der Waals surface area contributed by atoms with Crippen molar-refractivity contribution in [2.24, 2.45) is 5.10 Å². The number of hydrazone groups is 1. The lowest BCUT2D eigenvalue weighted by molar-refractivity contribution is -0.141. The Morgan fingerprint density at radius 1 is 1.11 bits per heavy atom. The zero-order valence-electron chi connectivity index (χ0n) is 18.9. The van der Waals surface area contributed by atoms with Crippen molar-refractivity contribution in [2.75, 3.05) is 15.7 Å². The lowest BCUT2D eigenvalue weighted by atomic mass is 10.2. The van der Waals surface area contributed by atoms with Gasteiger partial charge in [0.15, 0.2) is 9.84 Å². The van der Waals surface area contributed by atoms with Crippen LogP contribution >= 0.6 is 0 Å². The van der Waals surface area contributed by atoms with Crippen LogP contribution in [0.2, 0.25) is 0 Å². The molecule has 4 heterocycles. The first-order valence-corrected chi connectivity index (χ1v) is 12.3. The van der Waals surface area contributed by atoms with Crippen LogP contribution in [0.3, 0.4) is 0 Å². The standard InChI is InChI=1S/C22H17F4N7O3S/c1-2-37(35,36)16-7-8-18(32-12-28-33(21(32)34)15-6-4-3-5-13(15)23)30-20(16)14-10-31-11-27-17(22(24,25)26)9-19(31)29-14/h3-12,21,34H,2H2,1H3. The van der Waals surface area contributed by atoms with E-state index in [-0.39, 0.29) is 39.2 Å². The molecule has 1 aliphatic heterocycles. The zero-order valence-corrected chi connectivity index (χ0v) is 19.7. The first-order valence-electron chi connectivity index (χ1n) is 10.7. The summed E-state index contributed by atoms with van der Waals surface area (Å²) in [6.45, 7) is 1.43. The zero-order chi connectivity index (χ0) is 26.5. The highest BCUT2D eigenvalue weighted by molar-refractivity contribution is 7.91. The van der Waals surface area contributed by atoms with Crippen LogP contribution in [0.15, 0.2) is 65.0 Å². The summed E-state index contributed by atoms with van der Waals surface area (Å²) in [5.74, 6) is -0.871. The normalized spacial score (nSPS) is 16.2. The summed E-state index contributed by atoms with van der Waals surface area (Å²) in [4.78, 5) is 12.8. The summed E-state index contributed by atoms with van der Waals surface area (Å²) in [7, 11) is -3.84. The average Bonchev–Trinajstić information content (AvgIpc) is 3.46. The number of aliphatic hydroxyl groups is 1. The van der Waals surface area contributed by atoms with Gasteiger partial charge in [-0.25, -0.2) is 32.8 Å². The molecule has 0 saturated carbocycles. The molecule has 3 aromatic heterocycles. The molecule has 1 N–H and O–H groups in total. The number of fused-ring (bicyclic) bond motifs is 1. The molecule has 0 amide bonds. The largest absolute Gasteiger partial charge is 0.433 e. The number of hydrogen-bond acceptors (Lipinski definition) is 9. The third kappa shape index (κ3) is 4.35. The Morgan fingerprint density at radius 3 is 2.57 bits per heavy atom.